The fourth-order valence-corrected chi connectivity index (χ4v) is 5.05. The van der Waals surface area contributed by atoms with Crippen LogP contribution >= 0.6 is 23.5 Å². The predicted molar refractivity (Wildman–Crippen MR) is 78.9 cm³/mol. The van der Waals surface area contributed by atoms with Crippen molar-refractivity contribution in [1.29, 1.82) is 0 Å². The van der Waals surface area contributed by atoms with E-state index in [-0.39, 0.29) is 18.0 Å². The molecule has 0 aromatic heterocycles. The minimum Gasteiger partial charge on any atom is -0.481 e. The Morgan fingerprint density at radius 2 is 2.11 bits per heavy atom. The van der Waals surface area contributed by atoms with Crippen LogP contribution in [-0.4, -0.2) is 52.2 Å². The number of carbonyl (C=O) groups is 2. The first-order valence-electron chi connectivity index (χ1n) is 6.61. The topological polar surface area (TPSA) is 78.4 Å². The first kappa shape index (κ1) is 14.8. The van der Waals surface area contributed by atoms with E-state index in [2.05, 4.69) is 10.6 Å². The number of hydrogen-bond donors (Lipinski definition) is 3. The highest BCUT2D eigenvalue weighted by atomic mass is 32.2. The zero-order valence-corrected chi connectivity index (χ0v) is 12.4. The Kier molecular flexibility index (Phi) is 5.69. The third-order valence-corrected chi connectivity index (χ3v) is 6.34. The number of carboxylic acid groups (broad SMARTS) is 1. The van der Waals surface area contributed by atoms with Crippen LogP contribution in [0.15, 0.2) is 0 Å². The van der Waals surface area contributed by atoms with Gasteiger partial charge in [0.05, 0.1) is 5.92 Å². The van der Waals surface area contributed by atoms with Gasteiger partial charge in [0.25, 0.3) is 0 Å². The van der Waals surface area contributed by atoms with Gasteiger partial charge in [0.2, 0.25) is 0 Å². The van der Waals surface area contributed by atoms with Crippen LogP contribution < -0.4 is 10.6 Å². The average molecular weight is 304 g/mol. The van der Waals surface area contributed by atoms with Crippen LogP contribution in [0.2, 0.25) is 0 Å². The Morgan fingerprint density at radius 1 is 1.26 bits per heavy atom. The van der Waals surface area contributed by atoms with Crippen LogP contribution in [0.1, 0.15) is 19.3 Å². The summed E-state index contributed by atoms with van der Waals surface area (Å²) in [5, 5.41) is 15.2. The lowest BCUT2D eigenvalue weighted by molar-refractivity contribution is -0.141. The number of rotatable bonds is 4. The molecule has 1 aliphatic carbocycles. The number of amides is 2. The molecule has 1 aliphatic heterocycles. The van der Waals surface area contributed by atoms with Crippen molar-refractivity contribution in [2.45, 2.75) is 30.6 Å². The number of thioether (sulfide) groups is 2. The number of nitrogens with one attached hydrogen (secondary N) is 2. The van der Waals surface area contributed by atoms with Crippen molar-refractivity contribution in [2.24, 2.45) is 5.92 Å². The number of urea groups is 1. The first-order valence-corrected chi connectivity index (χ1v) is 8.82. The molecular formula is C12H20N2O3S2. The molecule has 0 aromatic carbocycles. The Labute approximate surface area is 121 Å². The van der Waals surface area contributed by atoms with E-state index >= 15 is 0 Å². The van der Waals surface area contributed by atoms with Gasteiger partial charge in [-0.25, -0.2) is 4.79 Å². The van der Waals surface area contributed by atoms with Crippen molar-refractivity contribution in [3.8, 4) is 0 Å². The maximum Gasteiger partial charge on any atom is 0.315 e. The van der Waals surface area contributed by atoms with Gasteiger partial charge in [-0.1, -0.05) is 0 Å². The van der Waals surface area contributed by atoms with Crippen molar-refractivity contribution < 1.29 is 14.7 Å². The molecule has 1 unspecified atom stereocenters. The third-order valence-electron chi connectivity index (χ3n) is 3.49. The van der Waals surface area contributed by atoms with E-state index in [1.165, 1.54) is 5.75 Å². The van der Waals surface area contributed by atoms with E-state index in [1.807, 2.05) is 23.5 Å². The van der Waals surface area contributed by atoms with Crippen molar-refractivity contribution in [3.63, 3.8) is 0 Å². The van der Waals surface area contributed by atoms with Gasteiger partial charge in [-0.15, -0.1) is 0 Å². The summed E-state index contributed by atoms with van der Waals surface area (Å²) in [4.78, 5) is 22.6. The lowest BCUT2D eigenvalue weighted by atomic mass is 10.1. The van der Waals surface area contributed by atoms with Gasteiger partial charge < -0.3 is 15.7 Å². The van der Waals surface area contributed by atoms with Gasteiger partial charge >= 0.3 is 12.0 Å². The monoisotopic (exact) mass is 304 g/mol. The maximum atomic E-state index is 11.7. The summed E-state index contributed by atoms with van der Waals surface area (Å²) >= 11 is 3.84. The lowest BCUT2D eigenvalue weighted by Crippen LogP contribution is -2.44. The zero-order valence-electron chi connectivity index (χ0n) is 10.8. The molecule has 0 aromatic rings. The molecule has 1 saturated heterocycles. The van der Waals surface area contributed by atoms with E-state index in [4.69, 9.17) is 5.11 Å². The second kappa shape index (κ2) is 7.28. The minimum atomic E-state index is -0.750. The normalized spacial score (nSPS) is 30.8. The average Bonchev–Trinajstić information content (AvgIpc) is 2.86. The molecule has 2 amide bonds. The van der Waals surface area contributed by atoms with Gasteiger partial charge in [0.1, 0.15) is 0 Å². The first-order chi connectivity index (χ1) is 9.15. The summed E-state index contributed by atoms with van der Waals surface area (Å²) in [7, 11) is 0. The molecule has 2 rings (SSSR count). The molecule has 1 heterocycles. The molecule has 19 heavy (non-hydrogen) atoms. The maximum absolute atomic E-state index is 11.7. The van der Waals surface area contributed by atoms with Crippen LogP contribution in [-0.2, 0) is 4.79 Å². The van der Waals surface area contributed by atoms with E-state index in [0.29, 0.717) is 24.6 Å². The van der Waals surface area contributed by atoms with Gasteiger partial charge in [0.15, 0.2) is 0 Å². The van der Waals surface area contributed by atoms with Crippen molar-refractivity contribution in [1.82, 2.24) is 10.6 Å². The molecule has 3 atom stereocenters. The highest BCUT2D eigenvalue weighted by Crippen LogP contribution is 2.25. The molecule has 5 nitrogen and oxygen atoms in total. The predicted octanol–water partition coefficient (Wildman–Crippen LogP) is 1.39. The van der Waals surface area contributed by atoms with Crippen LogP contribution in [0, 0.1) is 5.92 Å². The van der Waals surface area contributed by atoms with Crippen LogP contribution in [0.3, 0.4) is 0 Å². The molecular weight excluding hydrogens is 284 g/mol. The van der Waals surface area contributed by atoms with Crippen LogP contribution in [0.4, 0.5) is 4.79 Å². The second-order valence-electron chi connectivity index (χ2n) is 4.97. The summed E-state index contributed by atoms with van der Waals surface area (Å²) in [6.07, 6.45) is 1.98. The lowest BCUT2D eigenvalue weighted by Gasteiger charge is -2.22. The SMILES string of the molecule is O=C(NCC1CSCCS1)N[C@H]1CC[C@@H](C(=O)O)C1. The Morgan fingerprint density at radius 3 is 2.74 bits per heavy atom. The van der Waals surface area contributed by atoms with Crippen molar-refractivity contribution in [2.75, 3.05) is 23.8 Å². The van der Waals surface area contributed by atoms with Gasteiger partial charge in [0, 0.05) is 35.1 Å². The second-order valence-corrected chi connectivity index (χ2v) is 7.53. The molecule has 1 saturated carbocycles. The molecule has 108 valence electrons. The molecule has 2 fully saturated rings. The molecule has 3 N–H and O–H groups in total. The van der Waals surface area contributed by atoms with E-state index in [1.54, 1.807) is 0 Å². The van der Waals surface area contributed by atoms with E-state index in [9.17, 15) is 9.59 Å². The third kappa shape index (κ3) is 4.80. The number of carboxylic acids is 1. The fourth-order valence-electron chi connectivity index (χ4n) is 2.43. The number of hydrogen-bond acceptors (Lipinski definition) is 4. The highest BCUT2D eigenvalue weighted by molar-refractivity contribution is 8.06. The van der Waals surface area contributed by atoms with E-state index < -0.39 is 5.97 Å². The molecule has 0 radical (unpaired) electrons. The van der Waals surface area contributed by atoms with Crippen molar-refractivity contribution in [3.05, 3.63) is 0 Å². The van der Waals surface area contributed by atoms with Gasteiger partial charge in [-0.2, -0.15) is 23.5 Å². The molecule has 0 spiro atoms. The number of aliphatic carboxylic acids is 1. The zero-order chi connectivity index (χ0) is 13.7. The molecule has 0 bridgehead atoms. The Hall–Kier alpha value is -0.560. The number of carbonyl (C=O) groups excluding carboxylic acids is 1. The summed E-state index contributed by atoms with van der Waals surface area (Å²) < 4.78 is 0. The van der Waals surface area contributed by atoms with Gasteiger partial charge in [-0.05, 0) is 19.3 Å². The summed E-state index contributed by atoms with van der Waals surface area (Å²) in [6.45, 7) is 0.693. The highest BCUT2D eigenvalue weighted by Gasteiger charge is 2.30. The van der Waals surface area contributed by atoms with E-state index in [0.717, 1.165) is 17.9 Å². The minimum absolute atomic E-state index is 0.00878. The summed E-state index contributed by atoms with van der Waals surface area (Å²) in [5.41, 5.74) is 0. The van der Waals surface area contributed by atoms with Crippen LogP contribution in [0.25, 0.3) is 0 Å². The summed E-state index contributed by atoms with van der Waals surface area (Å²) in [5.74, 6) is 2.40. The standard InChI is InChI=1S/C12H20N2O3S2/c15-11(16)8-1-2-9(5-8)14-12(17)13-6-10-7-18-3-4-19-10/h8-10H,1-7H2,(H,15,16)(H2,13,14,17)/t8-,9+,10?/m1/s1. The smallest absolute Gasteiger partial charge is 0.315 e. The summed E-state index contributed by atoms with van der Waals surface area (Å²) in [6, 6.07) is -0.151. The largest absolute Gasteiger partial charge is 0.481 e. The van der Waals surface area contributed by atoms with Crippen molar-refractivity contribution >= 4 is 35.5 Å². The Balaban J connectivity index is 1.63. The molecule has 7 heteroatoms. The fraction of sp³-hybridized carbons (Fsp3) is 0.833. The Bertz CT molecular complexity index is 335. The quantitative estimate of drug-likeness (QED) is 0.731. The molecule has 2 aliphatic rings. The van der Waals surface area contributed by atoms with Crippen LogP contribution in [0.5, 0.6) is 0 Å². The van der Waals surface area contributed by atoms with Gasteiger partial charge in [-0.3, -0.25) is 4.79 Å².